The van der Waals surface area contributed by atoms with Gasteiger partial charge in [-0.3, -0.25) is 19.4 Å². The molecule has 9 nitrogen and oxygen atoms in total. The molecular weight excluding hydrogens is 534 g/mol. The van der Waals surface area contributed by atoms with Crippen LogP contribution in [0.3, 0.4) is 0 Å². The summed E-state index contributed by atoms with van der Waals surface area (Å²) < 4.78 is 10.7. The van der Waals surface area contributed by atoms with Gasteiger partial charge in [0.2, 0.25) is 11.8 Å². The number of carboxylic acids is 1. The number of hydrazine groups is 1. The standard InChI is InChI=1S/C33H37N3O6/c1-22-18-26(20-31(37)34-27-15-12-24(13-16-27)11-7-10-23-8-5-4-6-9-23)33(40)36(35-22)28(21-32(38)39)25-14-17-29(41-2)30(19-25)42-3/h4-9,11-17,19,22,26,28,35H,10,18,20-21H2,1-3H3,(H,34,37)(H,38,39)/b11-7+/t22?,26?,28-/m0/s1. The fourth-order valence-corrected chi connectivity index (χ4v) is 5.13. The molecule has 0 radical (unpaired) electrons. The molecule has 2 unspecified atom stereocenters. The number of nitrogens with zero attached hydrogens (tertiary/aromatic N) is 1. The predicted octanol–water partition coefficient (Wildman–Crippen LogP) is 5.25. The van der Waals surface area contributed by atoms with E-state index >= 15 is 0 Å². The van der Waals surface area contributed by atoms with E-state index in [1.807, 2.05) is 55.5 Å². The number of anilines is 1. The third-order valence-corrected chi connectivity index (χ3v) is 7.19. The van der Waals surface area contributed by atoms with Crippen LogP contribution in [0.25, 0.3) is 6.08 Å². The second-order valence-corrected chi connectivity index (χ2v) is 10.4. The summed E-state index contributed by atoms with van der Waals surface area (Å²) in [6, 6.07) is 21.8. The molecule has 3 atom stereocenters. The molecule has 0 bridgehead atoms. The second kappa shape index (κ2) is 14.3. The predicted molar refractivity (Wildman–Crippen MR) is 161 cm³/mol. The van der Waals surface area contributed by atoms with Crippen molar-refractivity contribution in [2.45, 2.75) is 44.7 Å². The highest BCUT2D eigenvalue weighted by atomic mass is 16.5. The molecule has 1 aliphatic rings. The maximum Gasteiger partial charge on any atom is 0.305 e. The van der Waals surface area contributed by atoms with Crippen LogP contribution in [0.5, 0.6) is 11.5 Å². The van der Waals surface area contributed by atoms with Gasteiger partial charge in [-0.1, -0.05) is 60.7 Å². The van der Waals surface area contributed by atoms with Crippen molar-refractivity contribution >= 4 is 29.5 Å². The van der Waals surface area contributed by atoms with Crippen molar-refractivity contribution in [3.63, 3.8) is 0 Å². The van der Waals surface area contributed by atoms with Gasteiger partial charge in [0.25, 0.3) is 0 Å². The van der Waals surface area contributed by atoms with Crippen molar-refractivity contribution in [2.24, 2.45) is 5.92 Å². The SMILES string of the molecule is COc1ccc([C@H](CC(=O)O)N2NC(C)CC(CC(=O)Nc3ccc(/C=C/Cc4ccccc4)cc3)C2=O)cc1OC. The van der Waals surface area contributed by atoms with Crippen LogP contribution in [0.2, 0.25) is 0 Å². The lowest BCUT2D eigenvalue weighted by Crippen LogP contribution is -2.57. The van der Waals surface area contributed by atoms with Gasteiger partial charge in [-0.2, -0.15) is 0 Å². The first-order valence-corrected chi connectivity index (χ1v) is 13.9. The van der Waals surface area contributed by atoms with Gasteiger partial charge in [-0.05, 0) is 60.7 Å². The van der Waals surface area contributed by atoms with Crippen molar-refractivity contribution in [1.82, 2.24) is 10.4 Å². The van der Waals surface area contributed by atoms with E-state index in [1.165, 1.54) is 24.8 Å². The number of nitrogens with one attached hydrogen (secondary N) is 2. The highest BCUT2D eigenvalue weighted by molar-refractivity contribution is 5.94. The van der Waals surface area contributed by atoms with Gasteiger partial charge in [0.15, 0.2) is 11.5 Å². The summed E-state index contributed by atoms with van der Waals surface area (Å²) in [5, 5.41) is 13.9. The van der Waals surface area contributed by atoms with Crippen LogP contribution in [0.1, 0.15) is 48.9 Å². The largest absolute Gasteiger partial charge is 0.493 e. The van der Waals surface area contributed by atoms with Crippen LogP contribution in [0.15, 0.2) is 78.9 Å². The number of allylic oxidation sites excluding steroid dienone is 1. The summed E-state index contributed by atoms with van der Waals surface area (Å²) in [6.45, 7) is 1.90. The zero-order valence-electron chi connectivity index (χ0n) is 24.1. The minimum absolute atomic E-state index is 0.0220. The number of hydrogen-bond acceptors (Lipinski definition) is 6. The van der Waals surface area contributed by atoms with E-state index in [1.54, 1.807) is 18.2 Å². The zero-order valence-corrected chi connectivity index (χ0v) is 24.1. The summed E-state index contributed by atoms with van der Waals surface area (Å²) in [5.74, 6) is -1.36. The van der Waals surface area contributed by atoms with Gasteiger partial charge in [-0.25, -0.2) is 5.43 Å². The third kappa shape index (κ3) is 7.98. The van der Waals surface area contributed by atoms with Crippen LogP contribution < -0.4 is 20.2 Å². The van der Waals surface area contributed by atoms with E-state index in [0.29, 0.717) is 29.2 Å². The highest BCUT2D eigenvalue weighted by Crippen LogP contribution is 2.35. The fraction of sp³-hybridized carbons (Fsp3) is 0.303. The molecule has 3 N–H and O–H groups in total. The maximum absolute atomic E-state index is 13.6. The van der Waals surface area contributed by atoms with Crippen molar-refractivity contribution in [1.29, 1.82) is 0 Å². The van der Waals surface area contributed by atoms with E-state index in [0.717, 1.165) is 12.0 Å². The Labute approximate surface area is 246 Å². The van der Waals surface area contributed by atoms with E-state index in [9.17, 15) is 19.5 Å². The Hall–Kier alpha value is -4.63. The molecule has 0 saturated carbocycles. The topological polar surface area (TPSA) is 117 Å². The van der Waals surface area contributed by atoms with E-state index < -0.39 is 17.9 Å². The number of methoxy groups -OCH3 is 2. The van der Waals surface area contributed by atoms with Gasteiger partial charge in [-0.15, -0.1) is 0 Å². The number of hydrogen-bond donors (Lipinski definition) is 3. The number of carbonyl (C=O) groups excluding carboxylic acids is 2. The van der Waals surface area contributed by atoms with Crippen LogP contribution in [0.4, 0.5) is 5.69 Å². The first kappa shape index (κ1) is 30.3. The summed E-state index contributed by atoms with van der Waals surface area (Å²) in [6.07, 6.45) is 5.06. The summed E-state index contributed by atoms with van der Waals surface area (Å²) >= 11 is 0. The van der Waals surface area contributed by atoms with Crippen molar-refractivity contribution in [3.8, 4) is 11.5 Å². The lowest BCUT2D eigenvalue weighted by molar-refractivity contribution is -0.152. The summed E-state index contributed by atoms with van der Waals surface area (Å²) in [7, 11) is 3.00. The van der Waals surface area contributed by atoms with Crippen molar-refractivity contribution in [2.75, 3.05) is 19.5 Å². The number of carbonyl (C=O) groups is 3. The zero-order chi connectivity index (χ0) is 30.1. The van der Waals surface area contributed by atoms with Gasteiger partial charge in [0.1, 0.15) is 0 Å². The molecule has 42 heavy (non-hydrogen) atoms. The Morgan fingerprint density at radius 2 is 1.76 bits per heavy atom. The average Bonchev–Trinajstić information content (AvgIpc) is 2.98. The first-order valence-electron chi connectivity index (χ1n) is 13.9. The quantitative estimate of drug-likeness (QED) is 0.272. The Morgan fingerprint density at radius 1 is 1.05 bits per heavy atom. The Kier molecular flexibility index (Phi) is 10.3. The van der Waals surface area contributed by atoms with Gasteiger partial charge >= 0.3 is 5.97 Å². The molecule has 0 aromatic heterocycles. The molecule has 3 aromatic carbocycles. The van der Waals surface area contributed by atoms with Crippen LogP contribution >= 0.6 is 0 Å². The number of rotatable bonds is 12. The van der Waals surface area contributed by atoms with E-state index in [4.69, 9.17) is 9.47 Å². The molecule has 9 heteroatoms. The maximum atomic E-state index is 13.6. The highest BCUT2D eigenvalue weighted by Gasteiger charge is 2.38. The fourth-order valence-electron chi connectivity index (χ4n) is 5.13. The molecule has 1 aliphatic heterocycles. The molecule has 220 valence electrons. The Morgan fingerprint density at radius 3 is 2.43 bits per heavy atom. The molecule has 0 spiro atoms. The van der Waals surface area contributed by atoms with Crippen molar-refractivity contribution < 1.29 is 29.0 Å². The molecule has 0 aliphatic carbocycles. The second-order valence-electron chi connectivity index (χ2n) is 10.4. The lowest BCUT2D eigenvalue weighted by Gasteiger charge is -2.41. The minimum Gasteiger partial charge on any atom is -0.493 e. The van der Waals surface area contributed by atoms with Crippen molar-refractivity contribution in [3.05, 3.63) is 95.6 Å². The monoisotopic (exact) mass is 571 g/mol. The number of ether oxygens (including phenoxy) is 2. The third-order valence-electron chi connectivity index (χ3n) is 7.19. The minimum atomic E-state index is -1.06. The summed E-state index contributed by atoms with van der Waals surface area (Å²) in [4.78, 5) is 38.4. The molecule has 2 amide bonds. The first-order chi connectivity index (χ1) is 20.3. The van der Waals surface area contributed by atoms with Crippen LogP contribution in [-0.2, 0) is 20.8 Å². The number of benzene rings is 3. The Bertz CT molecular complexity index is 1410. The normalized spacial score (nSPS) is 17.6. The van der Waals surface area contributed by atoms with E-state index in [-0.39, 0.29) is 30.7 Å². The van der Waals surface area contributed by atoms with Gasteiger partial charge < -0.3 is 19.9 Å². The van der Waals surface area contributed by atoms with Gasteiger partial charge in [0, 0.05) is 24.1 Å². The molecule has 3 aromatic rings. The summed E-state index contributed by atoms with van der Waals surface area (Å²) in [5.41, 5.74) is 6.59. The van der Waals surface area contributed by atoms with Crippen LogP contribution in [0, 0.1) is 5.92 Å². The molecule has 1 saturated heterocycles. The lowest BCUT2D eigenvalue weighted by atomic mass is 9.91. The molecule has 1 heterocycles. The number of aliphatic carboxylic acids is 1. The number of carboxylic acid groups (broad SMARTS) is 1. The average molecular weight is 572 g/mol. The molecule has 1 fully saturated rings. The van der Waals surface area contributed by atoms with Gasteiger partial charge in [0.05, 0.1) is 26.7 Å². The van der Waals surface area contributed by atoms with E-state index in [2.05, 4.69) is 29.0 Å². The van der Waals surface area contributed by atoms with Crippen LogP contribution in [-0.4, -0.2) is 48.2 Å². The molecular formula is C33H37N3O6. The molecule has 4 rings (SSSR count). The Balaban J connectivity index is 1.41. The smallest absolute Gasteiger partial charge is 0.305 e. The number of amides is 2.